The maximum Gasteiger partial charge on any atom is 0.335 e. The third-order valence-electron chi connectivity index (χ3n) is 4.48. The Hall–Kier alpha value is -3.62. The Morgan fingerprint density at radius 3 is 2.61 bits per heavy atom. The van der Waals surface area contributed by atoms with Gasteiger partial charge in [0.1, 0.15) is 5.82 Å². The first-order chi connectivity index (χ1) is 13.5. The Morgan fingerprint density at radius 1 is 1.11 bits per heavy atom. The van der Waals surface area contributed by atoms with Gasteiger partial charge in [-0.25, -0.2) is 9.78 Å². The van der Waals surface area contributed by atoms with Crippen LogP contribution in [0.2, 0.25) is 5.02 Å². The molecule has 0 fully saturated rings. The first-order valence-electron chi connectivity index (χ1n) is 8.55. The molecule has 1 aromatic heterocycles. The molecule has 5 nitrogen and oxygen atoms in total. The lowest BCUT2D eigenvalue weighted by Crippen LogP contribution is -2.04. The normalized spacial score (nSPS) is 10.7. The maximum atomic E-state index is 11.4. The van der Waals surface area contributed by atoms with Crippen molar-refractivity contribution in [3.05, 3.63) is 94.3 Å². The van der Waals surface area contributed by atoms with Gasteiger partial charge in [0.2, 0.25) is 0 Å². The maximum absolute atomic E-state index is 11.4. The topological polar surface area (TPSA) is 78.9 Å². The van der Waals surface area contributed by atoms with Gasteiger partial charge in [0.25, 0.3) is 0 Å². The number of rotatable bonds is 4. The van der Waals surface area contributed by atoms with Gasteiger partial charge in [-0.15, -0.1) is 0 Å². The van der Waals surface area contributed by atoms with E-state index in [-0.39, 0.29) is 5.56 Å². The lowest BCUT2D eigenvalue weighted by atomic mass is 10.1. The largest absolute Gasteiger partial charge is 0.478 e. The van der Waals surface area contributed by atoms with Crippen molar-refractivity contribution < 1.29 is 9.90 Å². The lowest BCUT2D eigenvalue weighted by molar-refractivity contribution is 0.0697. The molecular formula is C22H14ClN3O2. The minimum absolute atomic E-state index is 0.199. The molecule has 0 radical (unpaired) electrons. The highest BCUT2D eigenvalue weighted by Crippen LogP contribution is 2.25. The summed E-state index contributed by atoms with van der Waals surface area (Å²) in [6.07, 6.45) is 0.533. The average Bonchev–Trinajstić information content (AvgIpc) is 3.06. The molecule has 0 aliphatic rings. The third-order valence-corrected chi connectivity index (χ3v) is 4.73. The van der Waals surface area contributed by atoms with Crippen molar-refractivity contribution >= 4 is 28.6 Å². The van der Waals surface area contributed by atoms with Gasteiger partial charge in [0, 0.05) is 17.1 Å². The van der Waals surface area contributed by atoms with Crippen molar-refractivity contribution in [2.75, 3.05) is 0 Å². The van der Waals surface area contributed by atoms with Crippen LogP contribution in [-0.4, -0.2) is 20.6 Å². The molecule has 3 aromatic carbocycles. The fraction of sp³-hybridized carbons (Fsp3) is 0.0455. The summed E-state index contributed by atoms with van der Waals surface area (Å²) in [5, 5.41) is 19.2. The van der Waals surface area contributed by atoms with Crippen LogP contribution < -0.4 is 0 Å². The summed E-state index contributed by atoms with van der Waals surface area (Å²) in [6.45, 7) is 0. The van der Waals surface area contributed by atoms with E-state index >= 15 is 0 Å². The molecule has 28 heavy (non-hydrogen) atoms. The van der Waals surface area contributed by atoms with E-state index in [9.17, 15) is 15.2 Å². The second-order valence-corrected chi connectivity index (χ2v) is 6.77. The van der Waals surface area contributed by atoms with E-state index in [1.54, 1.807) is 30.3 Å². The van der Waals surface area contributed by atoms with Crippen LogP contribution in [0.3, 0.4) is 0 Å². The Kier molecular flexibility index (Phi) is 4.56. The van der Waals surface area contributed by atoms with E-state index in [1.165, 1.54) is 0 Å². The Labute approximate surface area is 166 Å². The monoisotopic (exact) mass is 387 g/mol. The molecule has 0 bridgehead atoms. The van der Waals surface area contributed by atoms with Gasteiger partial charge < -0.3 is 5.11 Å². The highest BCUT2D eigenvalue weighted by molar-refractivity contribution is 6.30. The van der Waals surface area contributed by atoms with Gasteiger partial charge in [0.05, 0.1) is 28.2 Å². The van der Waals surface area contributed by atoms with E-state index in [2.05, 4.69) is 6.07 Å². The molecule has 0 saturated carbocycles. The summed E-state index contributed by atoms with van der Waals surface area (Å²) in [7, 11) is 0. The molecule has 1 N–H and O–H groups in total. The van der Waals surface area contributed by atoms with E-state index in [0.717, 1.165) is 16.9 Å². The number of carbonyl (C=O) groups is 1. The number of hydrogen-bond donors (Lipinski definition) is 1. The number of nitrogens with zero attached hydrogens (tertiary/aromatic N) is 3. The number of hydrogen-bond acceptors (Lipinski definition) is 3. The summed E-state index contributed by atoms with van der Waals surface area (Å²) in [5.41, 5.74) is 3.95. The SMILES string of the molecule is N#Cc1ccc2c(c1)nc(Cc1ccc(Cl)cc1)n2-c1cccc(C(=O)O)c1. The minimum atomic E-state index is -0.989. The van der Waals surface area contributed by atoms with Gasteiger partial charge in [-0.3, -0.25) is 4.57 Å². The molecule has 0 spiro atoms. The van der Waals surface area contributed by atoms with Crippen LogP contribution in [0, 0.1) is 11.3 Å². The fourth-order valence-electron chi connectivity index (χ4n) is 3.17. The number of imidazole rings is 1. The summed E-state index contributed by atoms with van der Waals surface area (Å²) < 4.78 is 1.93. The molecule has 0 aliphatic carbocycles. The highest BCUT2D eigenvalue weighted by Gasteiger charge is 2.15. The van der Waals surface area contributed by atoms with Crippen molar-refractivity contribution in [3.63, 3.8) is 0 Å². The van der Waals surface area contributed by atoms with Gasteiger partial charge in [-0.2, -0.15) is 5.26 Å². The second-order valence-electron chi connectivity index (χ2n) is 6.34. The predicted octanol–water partition coefficient (Wildman–Crippen LogP) is 4.84. The molecule has 4 rings (SSSR count). The van der Waals surface area contributed by atoms with Crippen molar-refractivity contribution in [2.24, 2.45) is 0 Å². The fourth-order valence-corrected chi connectivity index (χ4v) is 3.30. The standard InChI is InChI=1S/C22H14ClN3O2/c23-17-7-4-14(5-8-17)11-21-25-19-10-15(13-24)6-9-20(19)26(21)18-3-1-2-16(12-18)22(27)28/h1-10,12H,11H2,(H,27,28). The molecule has 0 aliphatic heterocycles. The Bertz CT molecular complexity index is 1240. The van der Waals surface area contributed by atoms with Gasteiger partial charge in [0.15, 0.2) is 0 Å². The quantitative estimate of drug-likeness (QED) is 0.543. The third kappa shape index (κ3) is 3.34. The van der Waals surface area contributed by atoms with E-state index in [0.29, 0.717) is 28.2 Å². The van der Waals surface area contributed by atoms with Gasteiger partial charge in [-0.05, 0) is 54.1 Å². The lowest BCUT2D eigenvalue weighted by Gasteiger charge is -2.10. The Morgan fingerprint density at radius 2 is 1.89 bits per heavy atom. The van der Waals surface area contributed by atoms with E-state index in [1.807, 2.05) is 41.0 Å². The van der Waals surface area contributed by atoms with Crippen molar-refractivity contribution in [1.29, 1.82) is 5.26 Å². The number of benzene rings is 3. The van der Waals surface area contributed by atoms with Crippen LogP contribution in [0.15, 0.2) is 66.7 Å². The first-order valence-corrected chi connectivity index (χ1v) is 8.92. The smallest absolute Gasteiger partial charge is 0.335 e. The molecule has 4 aromatic rings. The minimum Gasteiger partial charge on any atom is -0.478 e. The molecule has 0 saturated heterocycles. The number of nitriles is 1. The molecule has 0 amide bonds. The van der Waals surface area contributed by atoms with E-state index in [4.69, 9.17) is 16.6 Å². The summed E-state index contributed by atoms with van der Waals surface area (Å²) in [5.74, 6) is -0.243. The van der Waals surface area contributed by atoms with Crippen LogP contribution in [0.4, 0.5) is 0 Å². The van der Waals surface area contributed by atoms with Crippen LogP contribution in [0.1, 0.15) is 27.3 Å². The Balaban J connectivity index is 1.91. The van der Waals surface area contributed by atoms with Crippen molar-refractivity contribution in [1.82, 2.24) is 9.55 Å². The van der Waals surface area contributed by atoms with Crippen molar-refractivity contribution in [2.45, 2.75) is 6.42 Å². The second kappa shape index (κ2) is 7.18. The molecule has 0 atom stereocenters. The number of carboxylic acids is 1. The first kappa shape index (κ1) is 17.8. The summed E-state index contributed by atoms with van der Waals surface area (Å²) >= 11 is 5.98. The molecule has 0 unspecified atom stereocenters. The number of aromatic carboxylic acids is 1. The molecule has 1 heterocycles. The zero-order chi connectivity index (χ0) is 19.7. The van der Waals surface area contributed by atoms with Crippen LogP contribution >= 0.6 is 11.6 Å². The van der Waals surface area contributed by atoms with Crippen LogP contribution in [0.25, 0.3) is 16.7 Å². The highest BCUT2D eigenvalue weighted by atomic mass is 35.5. The number of aromatic nitrogens is 2. The molecular weight excluding hydrogens is 374 g/mol. The van der Waals surface area contributed by atoms with E-state index < -0.39 is 5.97 Å². The zero-order valence-electron chi connectivity index (χ0n) is 14.6. The van der Waals surface area contributed by atoms with Crippen LogP contribution in [0.5, 0.6) is 0 Å². The molecule has 136 valence electrons. The predicted molar refractivity (Wildman–Crippen MR) is 107 cm³/mol. The van der Waals surface area contributed by atoms with Crippen molar-refractivity contribution in [3.8, 4) is 11.8 Å². The molecule has 6 heteroatoms. The summed E-state index contributed by atoms with van der Waals surface area (Å²) in [6, 6.07) is 21.7. The zero-order valence-corrected chi connectivity index (χ0v) is 15.4. The number of halogens is 1. The van der Waals surface area contributed by atoms with Gasteiger partial charge in [-0.1, -0.05) is 29.8 Å². The summed E-state index contributed by atoms with van der Waals surface area (Å²) in [4.78, 5) is 16.1. The van der Waals surface area contributed by atoms with Crippen LogP contribution in [-0.2, 0) is 6.42 Å². The number of fused-ring (bicyclic) bond motifs is 1. The van der Waals surface area contributed by atoms with Gasteiger partial charge >= 0.3 is 5.97 Å². The average molecular weight is 388 g/mol. The number of carboxylic acid groups (broad SMARTS) is 1.